The number of hydrogen-bond acceptors (Lipinski definition) is 5. The summed E-state index contributed by atoms with van der Waals surface area (Å²) in [6.45, 7) is 2.44. The van der Waals surface area contributed by atoms with Crippen LogP contribution in [0.5, 0.6) is 5.75 Å². The standard InChI is InChI=1S/C26H21N3O3/c1-3-28(20-7-5-4-6-8-20)24-23(19-11-15-22(32-2)16-12-19)25(30)29(26(24)31)21-13-9-18(17-27)10-14-21/h4-16H,3H2,1-2H3. The summed E-state index contributed by atoms with van der Waals surface area (Å²) in [4.78, 5) is 30.3. The Kier molecular flexibility index (Phi) is 5.73. The molecule has 0 N–H and O–H groups in total. The SMILES string of the molecule is CCN(C1=C(c2ccc(OC)cc2)C(=O)N(c2ccc(C#N)cc2)C1=O)c1ccccc1. The summed E-state index contributed by atoms with van der Waals surface area (Å²) >= 11 is 0. The van der Waals surface area contributed by atoms with E-state index in [-0.39, 0.29) is 0 Å². The second-order valence-electron chi connectivity index (χ2n) is 7.14. The van der Waals surface area contributed by atoms with Gasteiger partial charge in [-0.05, 0) is 61.0 Å². The van der Waals surface area contributed by atoms with Crippen LogP contribution in [0.4, 0.5) is 11.4 Å². The van der Waals surface area contributed by atoms with Gasteiger partial charge in [0.2, 0.25) is 0 Å². The van der Waals surface area contributed by atoms with E-state index in [1.54, 1.807) is 55.6 Å². The quantitative estimate of drug-likeness (QED) is 0.550. The molecule has 0 aromatic heterocycles. The maximum Gasteiger partial charge on any atom is 0.282 e. The summed E-state index contributed by atoms with van der Waals surface area (Å²) in [7, 11) is 1.57. The molecule has 0 atom stereocenters. The lowest BCUT2D eigenvalue weighted by Gasteiger charge is -2.25. The molecule has 0 saturated heterocycles. The number of anilines is 2. The van der Waals surface area contributed by atoms with E-state index in [9.17, 15) is 9.59 Å². The van der Waals surface area contributed by atoms with Crippen LogP contribution in [0.1, 0.15) is 18.1 Å². The summed E-state index contributed by atoms with van der Waals surface area (Å²) in [5.41, 5.74) is 2.97. The maximum atomic E-state index is 13.7. The zero-order chi connectivity index (χ0) is 22.7. The van der Waals surface area contributed by atoms with Crippen LogP contribution in [-0.4, -0.2) is 25.5 Å². The van der Waals surface area contributed by atoms with Crippen molar-refractivity contribution in [1.29, 1.82) is 5.26 Å². The van der Waals surface area contributed by atoms with Crippen molar-refractivity contribution in [3.8, 4) is 11.8 Å². The molecule has 0 saturated carbocycles. The molecule has 6 nitrogen and oxygen atoms in total. The average Bonchev–Trinajstić information content (AvgIpc) is 3.10. The topological polar surface area (TPSA) is 73.6 Å². The van der Waals surface area contributed by atoms with Crippen LogP contribution in [0.3, 0.4) is 0 Å². The Balaban J connectivity index is 1.87. The molecular formula is C26H21N3O3. The third-order valence-electron chi connectivity index (χ3n) is 5.35. The summed E-state index contributed by atoms with van der Waals surface area (Å²) in [5.74, 6) is -0.155. The Hall–Kier alpha value is -4.37. The second-order valence-corrected chi connectivity index (χ2v) is 7.14. The van der Waals surface area contributed by atoms with Gasteiger partial charge in [-0.25, -0.2) is 4.90 Å². The molecule has 1 aliphatic rings. The number of nitriles is 1. The molecule has 6 heteroatoms. The molecular weight excluding hydrogens is 402 g/mol. The van der Waals surface area contributed by atoms with Gasteiger partial charge in [0.15, 0.2) is 0 Å². The normalized spacial score (nSPS) is 13.3. The van der Waals surface area contributed by atoms with E-state index < -0.39 is 11.8 Å². The molecule has 0 aliphatic carbocycles. The lowest BCUT2D eigenvalue weighted by molar-refractivity contribution is -0.120. The first-order valence-corrected chi connectivity index (χ1v) is 10.2. The first kappa shape index (κ1) is 20.9. The number of benzene rings is 3. The Labute approximate surface area is 186 Å². The highest BCUT2D eigenvalue weighted by molar-refractivity contribution is 6.46. The number of hydrogen-bond donors (Lipinski definition) is 0. The van der Waals surface area contributed by atoms with Gasteiger partial charge in [0.25, 0.3) is 11.8 Å². The van der Waals surface area contributed by atoms with Crippen LogP contribution in [0.2, 0.25) is 0 Å². The molecule has 32 heavy (non-hydrogen) atoms. The lowest BCUT2D eigenvalue weighted by atomic mass is 10.0. The zero-order valence-electron chi connectivity index (χ0n) is 17.8. The van der Waals surface area contributed by atoms with Gasteiger partial charge in [0.05, 0.1) is 30.0 Å². The molecule has 0 fully saturated rings. The van der Waals surface area contributed by atoms with Gasteiger partial charge in [-0.2, -0.15) is 5.26 Å². The highest BCUT2D eigenvalue weighted by atomic mass is 16.5. The van der Waals surface area contributed by atoms with E-state index in [0.29, 0.717) is 40.4 Å². The van der Waals surface area contributed by atoms with E-state index in [0.717, 1.165) is 5.69 Å². The van der Waals surface area contributed by atoms with Gasteiger partial charge in [-0.3, -0.25) is 9.59 Å². The molecule has 2 amide bonds. The molecule has 1 heterocycles. The van der Waals surface area contributed by atoms with Crippen molar-refractivity contribution in [2.24, 2.45) is 0 Å². The first-order valence-electron chi connectivity index (χ1n) is 10.2. The number of para-hydroxylation sites is 1. The third-order valence-corrected chi connectivity index (χ3v) is 5.35. The fourth-order valence-electron chi connectivity index (χ4n) is 3.78. The van der Waals surface area contributed by atoms with Crippen LogP contribution in [0.25, 0.3) is 5.57 Å². The number of rotatable bonds is 6. The van der Waals surface area contributed by atoms with E-state index >= 15 is 0 Å². The zero-order valence-corrected chi connectivity index (χ0v) is 17.8. The van der Waals surface area contributed by atoms with Crippen LogP contribution in [0, 0.1) is 11.3 Å². The second kappa shape index (κ2) is 8.78. The Bertz CT molecular complexity index is 1220. The lowest BCUT2D eigenvalue weighted by Crippen LogP contribution is -2.35. The van der Waals surface area contributed by atoms with Gasteiger partial charge in [-0.1, -0.05) is 30.3 Å². The molecule has 3 aromatic rings. The van der Waals surface area contributed by atoms with Gasteiger partial charge in [-0.15, -0.1) is 0 Å². The Morgan fingerprint density at radius 2 is 1.56 bits per heavy atom. The number of carbonyl (C=O) groups excluding carboxylic acids is 2. The highest BCUT2D eigenvalue weighted by Gasteiger charge is 2.42. The number of ether oxygens (including phenoxy) is 1. The van der Waals surface area contributed by atoms with Crippen LogP contribution < -0.4 is 14.5 Å². The Morgan fingerprint density at radius 3 is 2.12 bits per heavy atom. The molecule has 3 aromatic carbocycles. The number of imide groups is 1. The molecule has 0 unspecified atom stereocenters. The van der Waals surface area contributed by atoms with Crippen molar-refractivity contribution in [3.63, 3.8) is 0 Å². The van der Waals surface area contributed by atoms with E-state index in [1.165, 1.54) is 4.90 Å². The fourth-order valence-corrected chi connectivity index (χ4v) is 3.78. The van der Waals surface area contributed by atoms with E-state index in [4.69, 9.17) is 10.00 Å². The largest absolute Gasteiger partial charge is 0.497 e. The molecule has 0 bridgehead atoms. The summed E-state index contributed by atoms with van der Waals surface area (Å²) in [5, 5.41) is 9.08. The van der Waals surface area contributed by atoms with Gasteiger partial charge in [0.1, 0.15) is 11.4 Å². The van der Waals surface area contributed by atoms with Crippen molar-refractivity contribution in [1.82, 2.24) is 0 Å². The molecule has 0 radical (unpaired) electrons. The van der Waals surface area contributed by atoms with Crippen molar-refractivity contribution in [2.45, 2.75) is 6.92 Å². The van der Waals surface area contributed by atoms with Gasteiger partial charge >= 0.3 is 0 Å². The minimum atomic E-state index is -0.408. The Morgan fingerprint density at radius 1 is 0.906 bits per heavy atom. The van der Waals surface area contributed by atoms with Crippen molar-refractivity contribution in [3.05, 3.63) is 95.7 Å². The van der Waals surface area contributed by atoms with Crippen molar-refractivity contribution in [2.75, 3.05) is 23.5 Å². The number of amides is 2. The monoisotopic (exact) mass is 423 g/mol. The van der Waals surface area contributed by atoms with E-state index in [1.807, 2.05) is 42.2 Å². The highest BCUT2D eigenvalue weighted by Crippen LogP contribution is 2.37. The third kappa shape index (κ3) is 3.61. The summed E-state index contributed by atoms with van der Waals surface area (Å²) in [6.07, 6.45) is 0. The molecule has 0 spiro atoms. The minimum absolute atomic E-state index is 0.318. The predicted octanol–water partition coefficient (Wildman–Crippen LogP) is 4.38. The number of nitrogens with zero attached hydrogens (tertiary/aromatic N) is 3. The first-order chi connectivity index (χ1) is 15.6. The predicted molar refractivity (Wildman–Crippen MR) is 123 cm³/mol. The smallest absolute Gasteiger partial charge is 0.282 e. The van der Waals surface area contributed by atoms with Crippen LogP contribution in [0.15, 0.2) is 84.6 Å². The number of methoxy groups -OCH3 is 1. The molecule has 1 aliphatic heterocycles. The molecule has 4 rings (SSSR count). The summed E-state index contributed by atoms with van der Waals surface area (Å²) < 4.78 is 5.24. The number of likely N-dealkylation sites (N-methyl/N-ethyl adjacent to an activating group) is 1. The van der Waals surface area contributed by atoms with Gasteiger partial charge < -0.3 is 9.64 Å². The van der Waals surface area contributed by atoms with Crippen molar-refractivity contribution < 1.29 is 14.3 Å². The summed E-state index contributed by atoms with van der Waals surface area (Å²) in [6, 6.07) is 25.1. The minimum Gasteiger partial charge on any atom is -0.497 e. The van der Waals surface area contributed by atoms with Crippen LogP contribution >= 0.6 is 0 Å². The maximum absolute atomic E-state index is 13.7. The van der Waals surface area contributed by atoms with Crippen LogP contribution in [-0.2, 0) is 9.59 Å². The fraction of sp³-hybridized carbons (Fsp3) is 0.115. The average molecular weight is 423 g/mol. The van der Waals surface area contributed by atoms with E-state index in [2.05, 4.69) is 6.07 Å². The van der Waals surface area contributed by atoms with Gasteiger partial charge in [0, 0.05) is 12.2 Å². The molecule has 158 valence electrons. The number of carbonyl (C=O) groups is 2. The van der Waals surface area contributed by atoms with Crippen molar-refractivity contribution >= 4 is 28.8 Å².